The number of piperazine rings is 1. The van der Waals surface area contributed by atoms with Crippen LogP contribution in [0.2, 0.25) is 0 Å². The third kappa shape index (κ3) is 3.96. The van der Waals surface area contributed by atoms with Crippen LogP contribution in [0.1, 0.15) is 26.7 Å². The highest BCUT2D eigenvalue weighted by Crippen LogP contribution is 2.11. The molecule has 0 amide bonds. The second-order valence-electron chi connectivity index (χ2n) is 4.70. The summed E-state index contributed by atoms with van der Waals surface area (Å²) < 4.78 is 0. The van der Waals surface area contributed by atoms with E-state index in [0.717, 1.165) is 45.6 Å². The first-order valence-corrected chi connectivity index (χ1v) is 6.17. The summed E-state index contributed by atoms with van der Waals surface area (Å²) in [6.07, 6.45) is 2.08. The third-order valence-corrected chi connectivity index (χ3v) is 3.05. The van der Waals surface area contributed by atoms with Crippen molar-refractivity contribution in [1.29, 1.82) is 5.26 Å². The summed E-state index contributed by atoms with van der Waals surface area (Å²) in [5.74, 6) is 0. The Hall–Kier alpha value is -0.850. The maximum absolute atomic E-state index is 9.10. The van der Waals surface area contributed by atoms with Crippen molar-refractivity contribution >= 4 is 0 Å². The average Bonchev–Trinajstić information content (AvgIpc) is 2.26. The van der Waals surface area contributed by atoms with Crippen LogP contribution in [-0.2, 0) is 0 Å². The molecule has 1 heterocycles. The van der Waals surface area contributed by atoms with Crippen LogP contribution < -0.4 is 0 Å². The second kappa shape index (κ2) is 6.67. The molecule has 0 aromatic rings. The molecule has 3 nitrogen and oxygen atoms in total. The number of nitriles is 1. The Kier molecular flexibility index (Phi) is 5.51. The molecule has 1 saturated heterocycles. The minimum atomic E-state index is 0.122. The highest BCUT2D eigenvalue weighted by Gasteiger charge is 2.22. The molecular formula is C13H23N3. The summed E-state index contributed by atoms with van der Waals surface area (Å²) in [7, 11) is 0. The molecule has 0 N–H and O–H groups in total. The maximum Gasteiger partial charge on any atom is 0.0978 e. The fourth-order valence-electron chi connectivity index (χ4n) is 2.22. The predicted molar refractivity (Wildman–Crippen MR) is 67.1 cm³/mol. The van der Waals surface area contributed by atoms with Crippen molar-refractivity contribution in [2.45, 2.75) is 32.7 Å². The molecule has 1 fully saturated rings. The number of rotatable bonds is 5. The van der Waals surface area contributed by atoms with Crippen LogP contribution in [0.4, 0.5) is 0 Å². The van der Waals surface area contributed by atoms with E-state index in [1.165, 1.54) is 5.57 Å². The molecule has 0 aromatic heterocycles. The molecule has 0 spiro atoms. The monoisotopic (exact) mass is 221 g/mol. The Morgan fingerprint density at radius 1 is 1.38 bits per heavy atom. The van der Waals surface area contributed by atoms with Crippen LogP contribution in [0, 0.1) is 11.3 Å². The standard InChI is InChI=1S/C13H23N3/c1-4-5-13(10-14)16-8-6-15(7-9-16)11-12(2)3/h13H,2,4-9,11H2,1,3H3. The molecule has 0 radical (unpaired) electrons. The van der Waals surface area contributed by atoms with Crippen molar-refractivity contribution in [3.05, 3.63) is 12.2 Å². The van der Waals surface area contributed by atoms with Crippen molar-refractivity contribution in [2.24, 2.45) is 0 Å². The van der Waals surface area contributed by atoms with Gasteiger partial charge in [-0.3, -0.25) is 9.80 Å². The Morgan fingerprint density at radius 2 is 2.00 bits per heavy atom. The van der Waals surface area contributed by atoms with Gasteiger partial charge in [0.15, 0.2) is 0 Å². The SMILES string of the molecule is C=C(C)CN1CCN(C(C#N)CCC)CC1. The zero-order chi connectivity index (χ0) is 12.0. The number of hydrogen-bond donors (Lipinski definition) is 0. The predicted octanol–water partition coefficient (Wildman–Crippen LogP) is 1.87. The molecule has 16 heavy (non-hydrogen) atoms. The molecule has 90 valence electrons. The van der Waals surface area contributed by atoms with Crippen LogP contribution in [-0.4, -0.2) is 48.6 Å². The molecule has 3 heteroatoms. The molecule has 1 aliphatic rings. The van der Waals surface area contributed by atoms with Crippen molar-refractivity contribution in [3.63, 3.8) is 0 Å². The van der Waals surface area contributed by atoms with Crippen molar-refractivity contribution in [3.8, 4) is 6.07 Å². The second-order valence-corrected chi connectivity index (χ2v) is 4.70. The van der Waals surface area contributed by atoms with Gasteiger partial charge in [-0.1, -0.05) is 25.5 Å². The average molecular weight is 221 g/mol. The van der Waals surface area contributed by atoms with Crippen LogP contribution >= 0.6 is 0 Å². The zero-order valence-electron chi connectivity index (χ0n) is 10.6. The van der Waals surface area contributed by atoms with E-state index in [0.29, 0.717) is 0 Å². The van der Waals surface area contributed by atoms with Gasteiger partial charge in [0.05, 0.1) is 12.1 Å². The first-order chi connectivity index (χ1) is 7.67. The Balaban J connectivity index is 2.36. The fraction of sp³-hybridized carbons (Fsp3) is 0.769. The van der Waals surface area contributed by atoms with Crippen molar-refractivity contribution in [2.75, 3.05) is 32.7 Å². The normalized spacial score (nSPS) is 20.3. The maximum atomic E-state index is 9.10. The topological polar surface area (TPSA) is 30.3 Å². The van der Waals surface area contributed by atoms with E-state index in [9.17, 15) is 0 Å². The molecule has 1 unspecified atom stereocenters. The summed E-state index contributed by atoms with van der Waals surface area (Å²) in [6, 6.07) is 2.54. The van der Waals surface area contributed by atoms with E-state index in [2.05, 4.69) is 36.3 Å². The van der Waals surface area contributed by atoms with E-state index in [4.69, 9.17) is 5.26 Å². The molecule has 1 aliphatic heterocycles. The van der Waals surface area contributed by atoms with Gasteiger partial charge in [0.2, 0.25) is 0 Å². The summed E-state index contributed by atoms with van der Waals surface area (Å²) >= 11 is 0. The Labute approximate surface area is 99.3 Å². The van der Waals surface area contributed by atoms with Gasteiger partial charge in [-0.05, 0) is 13.3 Å². The van der Waals surface area contributed by atoms with Gasteiger partial charge in [-0.15, -0.1) is 0 Å². The first-order valence-electron chi connectivity index (χ1n) is 6.17. The molecule has 0 aliphatic carbocycles. The lowest BCUT2D eigenvalue weighted by atomic mass is 10.1. The van der Waals surface area contributed by atoms with Gasteiger partial charge in [0.1, 0.15) is 0 Å². The smallest absolute Gasteiger partial charge is 0.0978 e. The first kappa shape index (κ1) is 13.2. The molecule has 0 bridgehead atoms. The lowest BCUT2D eigenvalue weighted by Crippen LogP contribution is -2.50. The molecule has 0 aromatic carbocycles. The molecule has 0 saturated carbocycles. The van der Waals surface area contributed by atoms with E-state index in [1.807, 2.05) is 0 Å². The van der Waals surface area contributed by atoms with E-state index < -0.39 is 0 Å². The van der Waals surface area contributed by atoms with Gasteiger partial charge in [0.25, 0.3) is 0 Å². The van der Waals surface area contributed by atoms with Gasteiger partial charge < -0.3 is 0 Å². The van der Waals surface area contributed by atoms with Crippen LogP contribution in [0.3, 0.4) is 0 Å². The largest absolute Gasteiger partial charge is 0.297 e. The number of hydrogen-bond acceptors (Lipinski definition) is 3. The van der Waals surface area contributed by atoms with E-state index in [-0.39, 0.29) is 6.04 Å². The summed E-state index contributed by atoms with van der Waals surface area (Å²) in [5, 5.41) is 9.10. The molecule has 1 atom stereocenters. The highest BCUT2D eigenvalue weighted by molar-refractivity contribution is 4.96. The highest BCUT2D eigenvalue weighted by atomic mass is 15.3. The third-order valence-electron chi connectivity index (χ3n) is 3.05. The van der Waals surface area contributed by atoms with E-state index in [1.54, 1.807) is 0 Å². The summed E-state index contributed by atoms with van der Waals surface area (Å²) in [6.45, 7) is 13.3. The molecular weight excluding hydrogens is 198 g/mol. The zero-order valence-corrected chi connectivity index (χ0v) is 10.6. The van der Waals surface area contributed by atoms with E-state index >= 15 is 0 Å². The quantitative estimate of drug-likeness (QED) is 0.664. The summed E-state index contributed by atoms with van der Waals surface area (Å²) in [4.78, 5) is 4.73. The van der Waals surface area contributed by atoms with Crippen LogP contribution in [0.25, 0.3) is 0 Å². The van der Waals surface area contributed by atoms with Crippen molar-refractivity contribution in [1.82, 2.24) is 9.80 Å². The van der Waals surface area contributed by atoms with Gasteiger partial charge >= 0.3 is 0 Å². The van der Waals surface area contributed by atoms with Gasteiger partial charge in [0, 0.05) is 32.7 Å². The van der Waals surface area contributed by atoms with Crippen LogP contribution in [0.15, 0.2) is 12.2 Å². The fourth-order valence-corrected chi connectivity index (χ4v) is 2.22. The Bertz CT molecular complexity index is 259. The van der Waals surface area contributed by atoms with Crippen LogP contribution in [0.5, 0.6) is 0 Å². The van der Waals surface area contributed by atoms with Gasteiger partial charge in [-0.25, -0.2) is 0 Å². The lowest BCUT2D eigenvalue weighted by molar-refractivity contribution is 0.117. The number of nitrogens with zero attached hydrogens (tertiary/aromatic N) is 3. The van der Waals surface area contributed by atoms with Crippen molar-refractivity contribution < 1.29 is 0 Å². The minimum absolute atomic E-state index is 0.122. The Morgan fingerprint density at radius 3 is 2.44 bits per heavy atom. The molecule has 1 rings (SSSR count). The summed E-state index contributed by atoms with van der Waals surface area (Å²) in [5.41, 5.74) is 1.22. The lowest BCUT2D eigenvalue weighted by Gasteiger charge is -2.36. The van der Waals surface area contributed by atoms with Gasteiger partial charge in [-0.2, -0.15) is 5.26 Å². The minimum Gasteiger partial charge on any atom is -0.297 e.